The van der Waals surface area contributed by atoms with Crippen molar-refractivity contribution in [3.05, 3.63) is 137 Å². The van der Waals surface area contributed by atoms with Crippen molar-refractivity contribution in [1.82, 2.24) is 0 Å². The molecular weight excluding hydrogens is 514 g/mol. The van der Waals surface area contributed by atoms with Crippen LogP contribution < -0.4 is 16.0 Å². The summed E-state index contributed by atoms with van der Waals surface area (Å²) in [6, 6.07) is 34.6. The second-order valence-electron chi connectivity index (χ2n) is 8.68. The molecule has 4 aromatic carbocycles. The zero-order valence-electron chi connectivity index (χ0n) is 21.7. The third-order valence-corrected chi connectivity index (χ3v) is 5.76. The van der Waals surface area contributed by atoms with Gasteiger partial charge in [0.1, 0.15) is 23.3 Å². The Balaban J connectivity index is 1.33. The largest absolute Gasteiger partial charge is 0.322 e. The molecule has 0 radical (unpaired) electrons. The maximum atomic E-state index is 12.7. The summed E-state index contributed by atoms with van der Waals surface area (Å²) >= 11 is 0. The van der Waals surface area contributed by atoms with Gasteiger partial charge in [0.25, 0.3) is 17.7 Å². The zero-order chi connectivity index (χ0) is 29.0. The van der Waals surface area contributed by atoms with Crippen molar-refractivity contribution in [3.8, 4) is 12.1 Å². The SMILES string of the molecule is N#C/C(=C\c1ccccc1)C(=O)Nc1ccc(NC(=O)c2ccc(NC(=O)/C(C#N)=C/c3ccccc3)cc2)cc1. The van der Waals surface area contributed by atoms with Crippen molar-refractivity contribution in [2.75, 3.05) is 16.0 Å². The molecule has 0 aromatic heterocycles. The molecule has 0 aliphatic carbocycles. The predicted octanol–water partition coefficient (Wildman–Crippen LogP) is 6.03. The van der Waals surface area contributed by atoms with E-state index >= 15 is 0 Å². The Bertz CT molecular complexity index is 1700. The molecule has 0 unspecified atom stereocenters. The molecule has 198 valence electrons. The van der Waals surface area contributed by atoms with Gasteiger partial charge in [0.2, 0.25) is 0 Å². The van der Waals surface area contributed by atoms with Gasteiger partial charge in [-0.25, -0.2) is 0 Å². The molecule has 0 aliphatic heterocycles. The number of hydrogen-bond donors (Lipinski definition) is 3. The molecule has 0 bridgehead atoms. The molecule has 8 nitrogen and oxygen atoms in total. The van der Waals surface area contributed by atoms with E-state index in [2.05, 4.69) is 16.0 Å². The fraction of sp³-hybridized carbons (Fsp3) is 0. The molecule has 0 saturated heterocycles. The molecule has 3 amide bonds. The number of nitrogens with zero attached hydrogens (tertiary/aromatic N) is 2. The molecule has 4 rings (SSSR count). The zero-order valence-corrected chi connectivity index (χ0v) is 21.7. The number of rotatable bonds is 8. The average molecular weight is 538 g/mol. The molecule has 0 saturated carbocycles. The monoisotopic (exact) mass is 537 g/mol. The Morgan fingerprint density at radius 1 is 0.512 bits per heavy atom. The lowest BCUT2D eigenvalue weighted by Gasteiger charge is -2.09. The van der Waals surface area contributed by atoms with Crippen LogP contribution in [-0.2, 0) is 9.59 Å². The lowest BCUT2D eigenvalue weighted by atomic mass is 10.1. The Labute approximate surface area is 236 Å². The Kier molecular flexibility index (Phi) is 9.16. The fourth-order valence-electron chi connectivity index (χ4n) is 3.67. The van der Waals surface area contributed by atoms with Crippen LogP contribution in [-0.4, -0.2) is 17.7 Å². The van der Waals surface area contributed by atoms with Crippen LogP contribution in [0, 0.1) is 22.7 Å². The van der Waals surface area contributed by atoms with Gasteiger partial charge in [0, 0.05) is 22.6 Å². The molecule has 0 atom stereocenters. The Hall–Kier alpha value is -6.25. The highest BCUT2D eigenvalue weighted by Crippen LogP contribution is 2.18. The van der Waals surface area contributed by atoms with Gasteiger partial charge in [-0.15, -0.1) is 0 Å². The molecule has 0 aliphatic rings. The summed E-state index contributed by atoms with van der Waals surface area (Å²) in [5.74, 6) is -1.48. The molecule has 0 heterocycles. The highest BCUT2D eigenvalue weighted by molar-refractivity contribution is 6.11. The topological polar surface area (TPSA) is 135 Å². The van der Waals surface area contributed by atoms with E-state index in [0.29, 0.717) is 22.6 Å². The first kappa shape index (κ1) is 27.8. The van der Waals surface area contributed by atoms with E-state index in [4.69, 9.17) is 0 Å². The fourth-order valence-corrected chi connectivity index (χ4v) is 3.67. The number of amides is 3. The van der Waals surface area contributed by atoms with E-state index in [-0.39, 0.29) is 17.1 Å². The summed E-state index contributed by atoms with van der Waals surface area (Å²) in [5, 5.41) is 26.8. The van der Waals surface area contributed by atoms with E-state index in [9.17, 15) is 24.9 Å². The maximum absolute atomic E-state index is 12.7. The van der Waals surface area contributed by atoms with Gasteiger partial charge in [-0.3, -0.25) is 14.4 Å². The van der Waals surface area contributed by atoms with Crippen LogP contribution in [0.15, 0.2) is 120 Å². The van der Waals surface area contributed by atoms with Crippen molar-refractivity contribution < 1.29 is 14.4 Å². The average Bonchev–Trinajstić information content (AvgIpc) is 3.00. The van der Waals surface area contributed by atoms with Crippen LogP contribution in [0.2, 0.25) is 0 Å². The number of anilines is 3. The van der Waals surface area contributed by atoms with Crippen LogP contribution in [0.5, 0.6) is 0 Å². The van der Waals surface area contributed by atoms with Gasteiger partial charge < -0.3 is 16.0 Å². The van der Waals surface area contributed by atoms with Crippen molar-refractivity contribution in [3.63, 3.8) is 0 Å². The van der Waals surface area contributed by atoms with Crippen molar-refractivity contribution in [1.29, 1.82) is 10.5 Å². The van der Waals surface area contributed by atoms with Crippen molar-refractivity contribution in [2.45, 2.75) is 0 Å². The van der Waals surface area contributed by atoms with E-state index in [1.165, 1.54) is 12.2 Å². The summed E-state index contributed by atoms with van der Waals surface area (Å²) in [5.41, 5.74) is 3.12. The minimum atomic E-state index is -0.557. The van der Waals surface area contributed by atoms with E-state index in [1.54, 1.807) is 72.8 Å². The van der Waals surface area contributed by atoms with E-state index in [1.807, 2.05) is 48.5 Å². The minimum Gasteiger partial charge on any atom is -0.322 e. The van der Waals surface area contributed by atoms with Gasteiger partial charge in [0.15, 0.2) is 0 Å². The van der Waals surface area contributed by atoms with Crippen LogP contribution in [0.25, 0.3) is 12.2 Å². The van der Waals surface area contributed by atoms with Crippen LogP contribution in [0.3, 0.4) is 0 Å². The highest BCUT2D eigenvalue weighted by atomic mass is 16.2. The number of nitriles is 2. The first-order chi connectivity index (χ1) is 19.9. The van der Waals surface area contributed by atoms with Gasteiger partial charge >= 0.3 is 0 Å². The number of hydrogen-bond acceptors (Lipinski definition) is 5. The van der Waals surface area contributed by atoms with Crippen molar-refractivity contribution in [2.24, 2.45) is 0 Å². The maximum Gasteiger partial charge on any atom is 0.266 e. The Morgan fingerprint density at radius 3 is 1.27 bits per heavy atom. The Morgan fingerprint density at radius 2 is 0.878 bits per heavy atom. The molecule has 41 heavy (non-hydrogen) atoms. The summed E-state index contributed by atoms with van der Waals surface area (Å²) < 4.78 is 0. The van der Waals surface area contributed by atoms with Crippen LogP contribution in [0.1, 0.15) is 21.5 Å². The van der Waals surface area contributed by atoms with E-state index in [0.717, 1.165) is 11.1 Å². The molecule has 4 aromatic rings. The molecule has 0 fully saturated rings. The smallest absolute Gasteiger partial charge is 0.266 e. The molecule has 0 spiro atoms. The lowest BCUT2D eigenvalue weighted by Crippen LogP contribution is -2.15. The minimum absolute atomic E-state index is 0.0377. The number of benzene rings is 4. The second-order valence-corrected chi connectivity index (χ2v) is 8.68. The quantitative estimate of drug-likeness (QED) is 0.186. The summed E-state index contributed by atoms with van der Waals surface area (Å²) in [6.07, 6.45) is 3.00. The molecular formula is C33H23N5O3. The number of nitrogens with one attached hydrogen (secondary N) is 3. The summed E-state index contributed by atoms with van der Waals surface area (Å²) in [4.78, 5) is 37.7. The van der Waals surface area contributed by atoms with Crippen molar-refractivity contribution >= 4 is 46.9 Å². The van der Waals surface area contributed by atoms with Crippen LogP contribution >= 0.6 is 0 Å². The van der Waals surface area contributed by atoms with Gasteiger partial charge in [-0.05, 0) is 71.8 Å². The highest BCUT2D eigenvalue weighted by Gasteiger charge is 2.12. The predicted molar refractivity (Wildman–Crippen MR) is 158 cm³/mol. The summed E-state index contributed by atoms with van der Waals surface area (Å²) in [7, 11) is 0. The first-order valence-electron chi connectivity index (χ1n) is 12.4. The second kappa shape index (κ2) is 13.5. The lowest BCUT2D eigenvalue weighted by molar-refractivity contribution is -0.113. The third-order valence-electron chi connectivity index (χ3n) is 5.76. The van der Waals surface area contributed by atoms with E-state index < -0.39 is 11.8 Å². The van der Waals surface area contributed by atoms with Gasteiger partial charge in [0.05, 0.1) is 0 Å². The van der Waals surface area contributed by atoms with Gasteiger partial charge in [-0.2, -0.15) is 10.5 Å². The van der Waals surface area contributed by atoms with Gasteiger partial charge in [-0.1, -0.05) is 60.7 Å². The first-order valence-corrected chi connectivity index (χ1v) is 12.4. The number of carbonyl (C=O) groups is 3. The van der Waals surface area contributed by atoms with Crippen LogP contribution in [0.4, 0.5) is 17.1 Å². The molecule has 8 heteroatoms. The standard InChI is InChI=1S/C33H23N5O3/c34-21-26(19-23-7-3-1-4-8-23)32(40)37-28-13-11-25(12-14-28)31(39)36-29-15-17-30(18-16-29)38-33(41)27(22-35)20-24-9-5-2-6-10-24/h1-20H,(H,36,39)(H,37,40)(H,38,41)/b26-19+,27-20+. The number of carbonyl (C=O) groups excluding carboxylic acids is 3. The normalized spacial score (nSPS) is 11.0. The third kappa shape index (κ3) is 7.87. The summed E-state index contributed by atoms with van der Waals surface area (Å²) in [6.45, 7) is 0. The molecule has 3 N–H and O–H groups in total.